The number of hydrogen-bond donors (Lipinski definition) is 2. The van der Waals surface area contributed by atoms with Crippen LogP contribution in [-0.4, -0.2) is 19.6 Å². The first kappa shape index (κ1) is 9.69. The van der Waals surface area contributed by atoms with Crippen molar-refractivity contribution < 1.29 is 0 Å². The molecule has 2 heteroatoms. The van der Waals surface area contributed by atoms with Gasteiger partial charge >= 0.3 is 0 Å². The zero-order chi connectivity index (χ0) is 9.86. The van der Waals surface area contributed by atoms with Gasteiger partial charge in [-0.05, 0) is 18.4 Å². The van der Waals surface area contributed by atoms with Crippen LogP contribution in [0.5, 0.6) is 0 Å². The van der Waals surface area contributed by atoms with Gasteiger partial charge in [-0.3, -0.25) is 0 Å². The summed E-state index contributed by atoms with van der Waals surface area (Å²) < 4.78 is 0. The van der Waals surface area contributed by atoms with Crippen LogP contribution in [0.3, 0.4) is 0 Å². The van der Waals surface area contributed by atoms with Gasteiger partial charge in [-0.25, -0.2) is 0 Å². The maximum absolute atomic E-state index is 5.45. The van der Waals surface area contributed by atoms with Crippen LogP contribution < -0.4 is 11.1 Å². The molecule has 0 unspecified atom stereocenters. The van der Waals surface area contributed by atoms with Crippen molar-refractivity contribution in [1.82, 2.24) is 5.32 Å². The van der Waals surface area contributed by atoms with Crippen LogP contribution in [0.1, 0.15) is 18.4 Å². The smallest absolute Gasteiger partial charge is 0.00784 e. The first-order valence-electron chi connectivity index (χ1n) is 5.34. The second-order valence-corrected chi connectivity index (χ2v) is 4.11. The summed E-state index contributed by atoms with van der Waals surface area (Å²) in [5.41, 5.74) is 7.36. The average molecular weight is 190 g/mol. The van der Waals surface area contributed by atoms with E-state index >= 15 is 0 Å². The van der Waals surface area contributed by atoms with Gasteiger partial charge in [0.15, 0.2) is 0 Å². The molecule has 2 rings (SSSR count). The van der Waals surface area contributed by atoms with E-state index in [9.17, 15) is 0 Å². The maximum Gasteiger partial charge on any atom is 0.00784 e. The summed E-state index contributed by atoms with van der Waals surface area (Å²) in [6.07, 6.45) is 2.63. The Morgan fingerprint density at radius 2 is 1.93 bits per heavy atom. The largest absolute Gasteiger partial charge is 0.329 e. The SMILES string of the molecule is NCCNCC1(c2ccccc2)CC1. The average Bonchev–Trinajstić information content (AvgIpc) is 3.01. The lowest BCUT2D eigenvalue weighted by Gasteiger charge is -2.16. The van der Waals surface area contributed by atoms with Crippen molar-refractivity contribution in [3.8, 4) is 0 Å². The third-order valence-electron chi connectivity index (χ3n) is 3.02. The van der Waals surface area contributed by atoms with Crippen molar-refractivity contribution in [3.05, 3.63) is 35.9 Å². The van der Waals surface area contributed by atoms with Crippen molar-refractivity contribution in [3.63, 3.8) is 0 Å². The molecule has 1 aliphatic rings. The molecule has 1 aliphatic carbocycles. The molecule has 0 atom stereocenters. The normalized spacial score (nSPS) is 18.1. The number of rotatable bonds is 5. The molecule has 2 nitrogen and oxygen atoms in total. The van der Waals surface area contributed by atoms with Crippen molar-refractivity contribution in [2.75, 3.05) is 19.6 Å². The van der Waals surface area contributed by atoms with Crippen LogP contribution >= 0.6 is 0 Å². The molecular weight excluding hydrogens is 172 g/mol. The lowest BCUT2D eigenvalue weighted by molar-refractivity contribution is 0.580. The Bertz CT molecular complexity index is 278. The molecule has 0 bridgehead atoms. The highest BCUT2D eigenvalue weighted by Crippen LogP contribution is 2.47. The Morgan fingerprint density at radius 1 is 1.21 bits per heavy atom. The summed E-state index contributed by atoms with van der Waals surface area (Å²) in [7, 11) is 0. The summed E-state index contributed by atoms with van der Waals surface area (Å²) in [6, 6.07) is 10.8. The standard InChI is InChI=1S/C12H18N2/c13-8-9-14-10-12(6-7-12)11-4-2-1-3-5-11/h1-5,14H,6-10,13H2. The molecule has 0 heterocycles. The van der Waals surface area contributed by atoms with Crippen LogP contribution in [0.25, 0.3) is 0 Å². The molecule has 0 aliphatic heterocycles. The molecule has 0 radical (unpaired) electrons. The van der Waals surface area contributed by atoms with E-state index < -0.39 is 0 Å². The highest BCUT2D eigenvalue weighted by atomic mass is 14.9. The summed E-state index contributed by atoms with van der Waals surface area (Å²) in [5.74, 6) is 0. The van der Waals surface area contributed by atoms with E-state index in [0.717, 1.165) is 19.6 Å². The third kappa shape index (κ3) is 1.97. The summed E-state index contributed by atoms with van der Waals surface area (Å²) in [6.45, 7) is 2.73. The third-order valence-corrected chi connectivity index (χ3v) is 3.02. The first-order valence-corrected chi connectivity index (χ1v) is 5.34. The number of hydrogen-bond acceptors (Lipinski definition) is 2. The van der Waals surface area contributed by atoms with Crippen LogP contribution in [-0.2, 0) is 5.41 Å². The fourth-order valence-corrected chi connectivity index (χ4v) is 1.94. The van der Waals surface area contributed by atoms with Gasteiger partial charge in [0.05, 0.1) is 0 Å². The van der Waals surface area contributed by atoms with Gasteiger partial charge in [-0.15, -0.1) is 0 Å². The maximum atomic E-state index is 5.45. The quantitative estimate of drug-likeness (QED) is 0.686. The van der Waals surface area contributed by atoms with Crippen molar-refractivity contribution >= 4 is 0 Å². The zero-order valence-corrected chi connectivity index (χ0v) is 8.50. The second kappa shape index (κ2) is 4.11. The second-order valence-electron chi connectivity index (χ2n) is 4.11. The topological polar surface area (TPSA) is 38.0 Å². The molecule has 0 saturated heterocycles. The number of benzene rings is 1. The fourth-order valence-electron chi connectivity index (χ4n) is 1.94. The van der Waals surface area contributed by atoms with Crippen LogP contribution in [0.4, 0.5) is 0 Å². The Hall–Kier alpha value is -0.860. The highest BCUT2D eigenvalue weighted by Gasteiger charge is 2.43. The van der Waals surface area contributed by atoms with Crippen molar-refractivity contribution in [2.45, 2.75) is 18.3 Å². The monoisotopic (exact) mass is 190 g/mol. The van der Waals surface area contributed by atoms with E-state index in [1.54, 1.807) is 0 Å². The molecule has 14 heavy (non-hydrogen) atoms. The van der Waals surface area contributed by atoms with Gasteiger partial charge in [0.2, 0.25) is 0 Å². The van der Waals surface area contributed by atoms with Gasteiger partial charge in [0, 0.05) is 25.0 Å². The molecule has 3 N–H and O–H groups in total. The van der Waals surface area contributed by atoms with E-state index in [1.807, 2.05) is 0 Å². The minimum atomic E-state index is 0.427. The Kier molecular flexibility index (Phi) is 2.85. The van der Waals surface area contributed by atoms with Crippen molar-refractivity contribution in [1.29, 1.82) is 0 Å². The summed E-state index contributed by atoms with van der Waals surface area (Å²) in [4.78, 5) is 0. The number of nitrogens with two attached hydrogens (primary N) is 1. The minimum absolute atomic E-state index is 0.427. The molecule has 1 saturated carbocycles. The van der Waals surface area contributed by atoms with Crippen LogP contribution in [0, 0.1) is 0 Å². The molecule has 0 aromatic heterocycles. The van der Waals surface area contributed by atoms with E-state index in [4.69, 9.17) is 5.73 Å². The Balaban J connectivity index is 1.96. The van der Waals surface area contributed by atoms with Gasteiger partial charge < -0.3 is 11.1 Å². The summed E-state index contributed by atoms with van der Waals surface area (Å²) >= 11 is 0. The lowest BCUT2D eigenvalue weighted by Crippen LogP contribution is -2.30. The van der Waals surface area contributed by atoms with E-state index in [2.05, 4.69) is 35.6 Å². The zero-order valence-electron chi connectivity index (χ0n) is 8.50. The Labute approximate surface area is 85.5 Å². The molecular formula is C12H18N2. The molecule has 76 valence electrons. The molecule has 0 spiro atoms. The lowest BCUT2D eigenvalue weighted by atomic mass is 9.96. The predicted octanol–water partition coefficient (Wildman–Crippen LogP) is 1.27. The van der Waals surface area contributed by atoms with Gasteiger partial charge in [0.25, 0.3) is 0 Å². The molecule has 1 aromatic rings. The van der Waals surface area contributed by atoms with Gasteiger partial charge in [-0.2, -0.15) is 0 Å². The highest BCUT2D eigenvalue weighted by molar-refractivity contribution is 5.31. The van der Waals surface area contributed by atoms with E-state index in [0.29, 0.717) is 5.41 Å². The van der Waals surface area contributed by atoms with Gasteiger partial charge in [0.1, 0.15) is 0 Å². The fraction of sp³-hybridized carbons (Fsp3) is 0.500. The molecule has 1 fully saturated rings. The molecule has 0 amide bonds. The Morgan fingerprint density at radius 3 is 2.50 bits per heavy atom. The van der Waals surface area contributed by atoms with Gasteiger partial charge in [-0.1, -0.05) is 30.3 Å². The summed E-state index contributed by atoms with van der Waals surface area (Å²) in [5, 5.41) is 3.41. The molecule has 1 aromatic carbocycles. The van der Waals surface area contributed by atoms with Crippen LogP contribution in [0.15, 0.2) is 30.3 Å². The predicted molar refractivity (Wildman–Crippen MR) is 59.3 cm³/mol. The number of nitrogens with one attached hydrogen (secondary N) is 1. The van der Waals surface area contributed by atoms with Crippen molar-refractivity contribution in [2.24, 2.45) is 5.73 Å². The van der Waals surface area contributed by atoms with E-state index in [1.165, 1.54) is 18.4 Å². The van der Waals surface area contributed by atoms with Crippen LogP contribution in [0.2, 0.25) is 0 Å². The first-order chi connectivity index (χ1) is 6.87. The van der Waals surface area contributed by atoms with E-state index in [-0.39, 0.29) is 0 Å². The minimum Gasteiger partial charge on any atom is -0.329 e.